The van der Waals surface area contributed by atoms with E-state index in [1.807, 2.05) is 38.2 Å². The van der Waals surface area contributed by atoms with E-state index in [2.05, 4.69) is 32.8 Å². The Bertz CT molecular complexity index is 985. The fraction of sp³-hybridized carbons (Fsp3) is 0.176. The average molecular weight is 309 g/mol. The number of imidazole rings is 1. The molecule has 0 N–H and O–H groups in total. The fourth-order valence-corrected chi connectivity index (χ4v) is 3.20. The topological polar surface area (TPSA) is 43.3 Å². The molecular weight excluding hydrogens is 294 g/mol. The van der Waals surface area contributed by atoms with Crippen LogP contribution in [0, 0.1) is 26.2 Å². The van der Waals surface area contributed by atoms with Gasteiger partial charge in [0.1, 0.15) is 16.3 Å². The number of nitrogens with zero attached hydrogens (tertiary/aromatic N) is 3. The van der Waals surface area contributed by atoms with Gasteiger partial charge in [0.2, 0.25) is 0 Å². The highest BCUT2D eigenvalue weighted by atomic mass is 32.1. The molecule has 0 saturated carbocycles. The molecule has 22 heavy (non-hydrogen) atoms. The van der Waals surface area contributed by atoms with Gasteiger partial charge in [0.15, 0.2) is 10.7 Å². The molecule has 0 spiro atoms. The molecule has 110 valence electrons. The lowest BCUT2D eigenvalue weighted by molar-refractivity contribution is 0.547. The molecule has 4 heterocycles. The van der Waals surface area contributed by atoms with Gasteiger partial charge >= 0.3 is 0 Å². The molecule has 0 saturated heterocycles. The van der Waals surface area contributed by atoms with Gasteiger partial charge in [-0.05, 0) is 45.0 Å². The summed E-state index contributed by atoms with van der Waals surface area (Å²) >= 11 is 1.60. The van der Waals surface area contributed by atoms with Crippen molar-refractivity contribution in [3.05, 3.63) is 41.9 Å². The lowest BCUT2D eigenvalue weighted by atomic mass is 10.3. The fourth-order valence-electron chi connectivity index (χ4n) is 2.17. The minimum atomic E-state index is 0.807. The van der Waals surface area contributed by atoms with Crippen LogP contribution in [-0.4, -0.2) is 14.4 Å². The predicted molar refractivity (Wildman–Crippen MR) is 90.1 cm³/mol. The van der Waals surface area contributed by atoms with Crippen LogP contribution in [-0.2, 0) is 0 Å². The van der Waals surface area contributed by atoms with Crippen LogP contribution in [0.25, 0.3) is 26.8 Å². The number of hydrogen-bond donors (Lipinski definition) is 0. The molecule has 0 radical (unpaired) electrons. The van der Waals surface area contributed by atoms with Crippen molar-refractivity contribution >= 4 is 26.6 Å². The van der Waals surface area contributed by atoms with Crippen LogP contribution >= 0.6 is 11.3 Å². The van der Waals surface area contributed by atoms with E-state index in [0.717, 1.165) is 38.2 Å². The number of terminal acetylenes is 1. The quantitative estimate of drug-likeness (QED) is 0.488. The smallest absolute Gasteiger partial charge is 0.196 e. The first-order chi connectivity index (χ1) is 10.6. The van der Waals surface area contributed by atoms with E-state index in [1.165, 1.54) is 0 Å². The van der Waals surface area contributed by atoms with E-state index in [1.54, 1.807) is 18.3 Å². The zero-order valence-electron chi connectivity index (χ0n) is 12.6. The minimum Gasteiger partial charge on any atom is -0.460 e. The minimum absolute atomic E-state index is 0.807. The van der Waals surface area contributed by atoms with Crippen molar-refractivity contribution in [3.8, 4) is 23.8 Å². The van der Waals surface area contributed by atoms with Crippen molar-refractivity contribution in [3.63, 3.8) is 0 Å². The maximum absolute atomic E-state index is 5.61. The molecule has 0 fully saturated rings. The Balaban J connectivity index is 0.000000446. The Labute approximate surface area is 132 Å². The number of furan rings is 1. The second kappa shape index (κ2) is 5.66. The van der Waals surface area contributed by atoms with E-state index in [9.17, 15) is 0 Å². The summed E-state index contributed by atoms with van der Waals surface area (Å²) in [5, 5.41) is 0. The Hall–Kier alpha value is -2.58. The van der Waals surface area contributed by atoms with Crippen molar-refractivity contribution < 1.29 is 4.42 Å². The normalized spacial score (nSPS) is 10.5. The monoisotopic (exact) mass is 309 g/mol. The Kier molecular flexibility index (Phi) is 3.70. The Morgan fingerprint density at radius 1 is 1.18 bits per heavy atom. The number of rotatable bonds is 1. The standard InChI is InChI=1S/C14H11N3OS.C3H4/c1-8-3-5-11-13(15-8)19-14-16-10(7-17(11)14)12-6-4-9(2)18-12;1-3-2/h3-7H,1-2H3;1H,2H3. The number of fused-ring (bicyclic) bond motifs is 3. The summed E-state index contributed by atoms with van der Waals surface area (Å²) in [6.45, 7) is 5.59. The van der Waals surface area contributed by atoms with Gasteiger partial charge in [-0.15, -0.1) is 12.3 Å². The molecule has 0 aliphatic carbocycles. The number of aryl methyl sites for hydroxylation is 2. The van der Waals surface area contributed by atoms with Gasteiger partial charge in [-0.3, -0.25) is 4.40 Å². The van der Waals surface area contributed by atoms with Gasteiger partial charge in [-0.2, -0.15) is 0 Å². The first-order valence-corrected chi connectivity index (χ1v) is 7.63. The summed E-state index contributed by atoms with van der Waals surface area (Å²) in [4.78, 5) is 11.1. The molecule has 4 aromatic heterocycles. The molecular formula is C17H15N3OS. The summed E-state index contributed by atoms with van der Waals surface area (Å²) in [5.41, 5.74) is 2.98. The highest BCUT2D eigenvalue weighted by molar-refractivity contribution is 7.23. The van der Waals surface area contributed by atoms with Gasteiger partial charge < -0.3 is 4.42 Å². The summed E-state index contributed by atoms with van der Waals surface area (Å²) in [6.07, 6.45) is 6.60. The third-order valence-corrected chi connectivity index (χ3v) is 4.06. The van der Waals surface area contributed by atoms with Crippen molar-refractivity contribution in [1.82, 2.24) is 14.4 Å². The lowest BCUT2D eigenvalue weighted by Crippen LogP contribution is -1.81. The SMILES string of the molecule is C#CC.Cc1ccc2c(n1)sc1nc(-c3ccc(C)o3)cn12. The van der Waals surface area contributed by atoms with Crippen LogP contribution < -0.4 is 0 Å². The van der Waals surface area contributed by atoms with E-state index in [0.29, 0.717) is 0 Å². The zero-order chi connectivity index (χ0) is 15.7. The third kappa shape index (κ3) is 2.49. The lowest BCUT2D eigenvalue weighted by Gasteiger charge is -1.92. The molecule has 4 nitrogen and oxygen atoms in total. The molecule has 0 aliphatic heterocycles. The number of hydrogen-bond acceptors (Lipinski definition) is 4. The summed E-state index contributed by atoms with van der Waals surface area (Å²) in [5.74, 6) is 3.95. The first kappa shape index (κ1) is 14.4. The van der Waals surface area contributed by atoms with Crippen LogP contribution in [0.4, 0.5) is 0 Å². The molecule has 0 amide bonds. The molecule has 0 unspecified atom stereocenters. The van der Waals surface area contributed by atoms with Gasteiger partial charge in [0.05, 0.1) is 5.52 Å². The van der Waals surface area contributed by atoms with E-state index >= 15 is 0 Å². The van der Waals surface area contributed by atoms with Crippen LogP contribution in [0.1, 0.15) is 18.4 Å². The Morgan fingerprint density at radius 3 is 2.64 bits per heavy atom. The van der Waals surface area contributed by atoms with Crippen molar-refractivity contribution in [2.24, 2.45) is 0 Å². The summed E-state index contributed by atoms with van der Waals surface area (Å²) in [6, 6.07) is 8.00. The average Bonchev–Trinajstić information content (AvgIpc) is 3.12. The molecule has 5 heteroatoms. The highest BCUT2D eigenvalue weighted by Gasteiger charge is 2.12. The molecule has 4 rings (SSSR count). The Morgan fingerprint density at radius 2 is 1.95 bits per heavy atom. The summed E-state index contributed by atoms with van der Waals surface area (Å²) < 4.78 is 7.68. The maximum atomic E-state index is 5.61. The predicted octanol–water partition coefficient (Wildman–Crippen LogP) is 4.46. The van der Waals surface area contributed by atoms with Gasteiger partial charge in [-0.1, -0.05) is 11.3 Å². The van der Waals surface area contributed by atoms with Gasteiger partial charge in [0.25, 0.3) is 0 Å². The molecule has 0 aromatic carbocycles. The first-order valence-electron chi connectivity index (χ1n) is 6.82. The van der Waals surface area contributed by atoms with E-state index in [4.69, 9.17) is 4.42 Å². The second-order valence-corrected chi connectivity index (χ2v) is 5.81. The molecule has 4 aromatic rings. The zero-order valence-corrected chi connectivity index (χ0v) is 13.4. The second-order valence-electron chi connectivity index (χ2n) is 4.86. The van der Waals surface area contributed by atoms with Crippen LogP contribution in [0.3, 0.4) is 0 Å². The van der Waals surface area contributed by atoms with Gasteiger partial charge in [-0.25, -0.2) is 9.97 Å². The van der Waals surface area contributed by atoms with Crippen LogP contribution in [0.2, 0.25) is 0 Å². The van der Waals surface area contributed by atoms with E-state index in [-0.39, 0.29) is 0 Å². The van der Waals surface area contributed by atoms with Crippen LogP contribution in [0.5, 0.6) is 0 Å². The van der Waals surface area contributed by atoms with Crippen molar-refractivity contribution in [1.29, 1.82) is 0 Å². The molecule has 0 bridgehead atoms. The summed E-state index contributed by atoms with van der Waals surface area (Å²) in [7, 11) is 0. The third-order valence-electron chi connectivity index (χ3n) is 3.09. The number of thiazole rings is 1. The molecule has 0 aliphatic rings. The largest absolute Gasteiger partial charge is 0.460 e. The van der Waals surface area contributed by atoms with Gasteiger partial charge in [0, 0.05) is 11.9 Å². The number of aromatic nitrogens is 3. The van der Waals surface area contributed by atoms with E-state index < -0.39 is 0 Å². The number of pyridine rings is 1. The molecule has 0 atom stereocenters. The van der Waals surface area contributed by atoms with Crippen LogP contribution in [0.15, 0.2) is 34.9 Å². The van der Waals surface area contributed by atoms with Crippen molar-refractivity contribution in [2.75, 3.05) is 0 Å². The van der Waals surface area contributed by atoms with Crippen molar-refractivity contribution in [2.45, 2.75) is 20.8 Å². The highest BCUT2D eigenvalue weighted by Crippen LogP contribution is 2.29. The maximum Gasteiger partial charge on any atom is 0.196 e.